The first-order valence-corrected chi connectivity index (χ1v) is 6.14. The van der Waals surface area contributed by atoms with Gasteiger partial charge in [-0.15, -0.1) is 0 Å². The Morgan fingerprint density at radius 3 is 2.26 bits per heavy atom. The van der Waals surface area contributed by atoms with Crippen LogP contribution in [0.25, 0.3) is 22.5 Å². The van der Waals surface area contributed by atoms with E-state index in [0.717, 1.165) is 17.0 Å². The third kappa shape index (κ3) is 2.50. The van der Waals surface area contributed by atoms with E-state index in [2.05, 4.69) is 39.2 Å². The average molecular weight is 247 g/mol. The average Bonchev–Trinajstić information content (AvgIpc) is 2.48. The van der Waals surface area contributed by atoms with Crippen LogP contribution in [0.1, 0.15) is 5.82 Å². The van der Waals surface area contributed by atoms with E-state index in [9.17, 15) is 0 Å². The molecule has 0 aliphatic heterocycles. The molecule has 3 heteroatoms. The Balaban J connectivity index is 2.06. The van der Waals surface area contributed by atoms with Crippen LogP contribution < -0.4 is 0 Å². The molecule has 0 unspecified atom stereocenters. The molecule has 92 valence electrons. The summed E-state index contributed by atoms with van der Waals surface area (Å²) in [6.45, 7) is 1.87. The molecule has 0 bridgehead atoms. The molecule has 1 aromatic heterocycles. The highest BCUT2D eigenvalue weighted by Crippen LogP contribution is 2.23. The maximum Gasteiger partial charge on any atom is 0.162 e. The van der Waals surface area contributed by atoms with Gasteiger partial charge in [-0.05, 0) is 24.1 Å². The van der Waals surface area contributed by atoms with Gasteiger partial charge in [-0.1, -0.05) is 48.5 Å². The highest BCUT2D eigenvalue weighted by atomic mass is 15.0. The molecule has 0 amide bonds. The molecule has 2 aromatic carbocycles. The lowest BCUT2D eigenvalue weighted by Crippen LogP contribution is -1.94. The standard InChI is InChI=1S/C16H13N3/c1-12-17-11-18-16(19-12)15-9-5-8-14(10-15)13-6-3-2-4-7-13/h2-11H,1H3. The molecule has 0 fully saturated rings. The number of nitrogens with zero attached hydrogens (tertiary/aromatic N) is 3. The van der Waals surface area contributed by atoms with Gasteiger partial charge >= 0.3 is 0 Å². The van der Waals surface area contributed by atoms with Gasteiger partial charge in [0.1, 0.15) is 12.2 Å². The lowest BCUT2D eigenvalue weighted by atomic mass is 10.0. The lowest BCUT2D eigenvalue weighted by molar-refractivity contribution is 0.983. The Hall–Kier alpha value is -2.55. The van der Waals surface area contributed by atoms with Crippen molar-refractivity contribution in [3.8, 4) is 22.5 Å². The summed E-state index contributed by atoms with van der Waals surface area (Å²) in [4.78, 5) is 12.6. The third-order valence-corrected chi connectivity index (χ3v) is 2.92. The fourth-order valence-corrected chi connectivity index (χ4v) is 1.99. The Bertz CT molecular complexity index is 693. The van der Waals surface area contributed by atoms with Gasteiger partial charge in [0.05, 0.1) is 0 Å². The van der Waals surface area contributed by atoms with E-state index in [4.69, 9.17) is 0 Å². The molecule has 0 N–H and O–H groups in total. The van der Waals surface area contributed by atoms with E-state index in [1.54, 1.807) is 6.33 Å². The summed E-state index contributed by atoms with van der Waals surface area (Å²) >= 11 is 0. The monoisotopic (exact) mass is 247 g/mol. The Labute approximate surface area is 112 Å². The van der Waals surface area contributed by atoms with Crippen LogP contribution in [0.3, 0.4) is 0 Å². The van der Waals surface area contributed by atoms with Crippen LogP contribution in [-0.2, 0) is 0 Å². The number of aryl methyl sites for hydroxylation is 1. The van der Waals surface area contributed by atoms with E-state index in [1.165, 1.54) is 5.56 Å². The molecule has 19 heavy (non-hydrogen) atoms. The van der Waals surface area contributed by atoms with Crippen LogP contribution in [0, 0.1) is 6.92 Å². The second-order valence-electron chi connectivity index (χ2n) is 4.30. The predicted molar refractivity (Wildman–Crippen MR) is 75.4 cm³/mol. The van der Waals surface area contributed by atoms with Crippen LogP contribution >= 0.6 is 0 Å². The van der Waals surface area contributed by atoms with Crippen molar-refractivity contribution in [1.82, 2.24) is 15.0 Å². The van der Waals surface area contributed by atoms with Gasteiger partial charge in [-0.25, -0.2) is 15.0 Å². The number of hydrogen-bond acceptors (Lipinski definition) is 3. The zero-order valence-electron chi connectivity index (χ0n) is 10.6. The van der Waals surface area contributed by atoms with Gasteiger partial charge in [-0.3, -0.25) is 0 Å². The zero-order valence-corrected chi connectivity index (χ0v) is 10.6. The van der Waals surface area contributed by atoms with Gasteiger partial charge < -0.3 is 0 Å². The second kappa shape index (κ2) is 4.98. The summed E-state index contributed by atoms with van der Waals surface area (Å²) in [5.41, 5.74) is 3.36. The molecule has 0 radical (unpaired) electrons. The minimum atomic E-state index is 0.713. The van der Waals surface area contributed by atoms with E-state index < -0.39 is 0 Å². The summed E-state index contributed by atoms with van der Waals surface area (Å²) in [6.07, 6.45) is 1.55. The first kappa shape index (κ1) is 11.5. The maximum atomic E-state index is 4.36. The van der Waals surface area contributed by atoms with Crippen molar-refractivity contribution in [2.75, 3.05) is 0 Å². The number of hydrogen-bond donors (Lipinski definition) is 0. The van der Waals surface area contributed by atoms with Crippen LogP contribution in [0.5, 0.6) is 0 Å². The summed E-state index contributed by atoms with van der Waals surface area (Å²) in [6, 6.07) is 18.5. The topological polar surface area (TPSA) is 38.7 Å². The number of aromatic nitrogens is 3. The minimum Gasteiger partial charge on any atom is -0.222 e. The summed E-state index contributed by atoms with van der Waals surface area (Å²) in [7, 11) is 0. The van der Waals surface area contributed by atoms with Crippen molar-refractivity contribution >= 4 is 0 Å². The van der Waals surface area contributed by atoms with Crippen LogP contribution in [0.2, 0.25) is 0 Å². The highest BCUT2D eigenvalue weighted by molar-refractivity contribution is 5.69. The van der Waals surface area contributed by atoms with Crippen LogP contribution in [-0.4, -0.2) is 15.0 Å². The van der Waals surface area contributed by atoms with Crippen molar-refractivity contribution < 1.29 is 0 Å². The fraction of sp³-hybridized carbons (Fsp3) is 0.0625. The number of benzene rings is 2. The lowest BCUT2D eigenvalue weighted by Gasteiger charge is -2.05. The molecule has 3 aromatic rings. The SMILES string of the molecule is Cc1ncnc(-c2cccc(-c3ccccc3)c2)n1. The quantitative estimate of drug-likeness (QED) is 0.695. The molecular formula is C16H13N3. The van der Waals surface area contributed by atoms with Gasteiger partial charge in [0, 0.05) is 5.56 Å². The largest absolute Gasteiger partial charge is 0.222 e. The fourth-order valence-electron chi connectivity index (χ4n) is 1.99. The van der Waals surface area contributed by atoms with E-state index >= 15 is 0 Å². The van der Waals surface area contributed by atoms with Crippen molar-refractivity contribution in [3.63, 3.8) is 0 Å². The third-order valence-electron chi connectivity index (χ3n) is 2.92. The van der Waals surface area contributed by atoms with Crippen molar-refractivity contribution in [2.45, 2.75) is 6.92 Å². The van der Waals surface area contributed by atoms with Crippen molar-refractivity contribution in [3.05, 3.63) is 66.7 Å². The smallest absolute Gasteiger partial charge is 0.162 e. The Morgan fingerprint density at radius 2 is 1.47 bits per heavy atom. The normalized spacial score (nSPS) is 10.4. The Morgan fingerprint density at radius 1 is 0.737 bits per heavy atom. The van der Waals surface area contributed by atoms with Gasteiger partial charge in [-0.2, -0.15) is 0 Å². The van der Waals surface area contributed by atoms with E-state index in [0.29, 0.717) is 5.82 Å². The van der Waals surface area contributed by atoms with E-state index in [-0.39, 0.29) is 0 Å². The zero-order chi connectivity index (χ0) is 13.1. The number of rotatable bonds is 2. The minimum absolute atomic E-state index is 0.713. The van der Waals surface area contributed by atoms with Gasteiger partial charge in [0.25, 0.3) is 0 Å². The molecule has 0 atom stereocenters. The molecule has 0 saturated carbocycles. The molecule has 3 rings (SSSR count). The molecule has 0 spiro atoms. The second-order valence-corrected chi connectivity index (χ2v) is 4.30. The summed E-state index contributed by atoms with van der Waals surface area (Å²) in [5, 5.41) is 0. The van der Waals surface area contributed by atoms with Gasteiger partial charge in [0.2, 0.25) is 0 Å². The van der Waals surface area contributed by atoms with E-state index in [1.807, 2.05) is 37.3 Å². The van der Waals surface area contributed by atoms with Gasteiger partial charge in [0.15, 0.2) is 5.82 Å². The molecule has 3 nitrogen and oxygen atoms in total. The molecular weight excluding hydrogens is 234 g/mol. The molecule has 0 aliphatic carbocycles. The molecule has 1 heterocycles. The van der Waals surface area contributed by atoms with Crippen molar-refractivity contribution in [1.29, 1.82) is 0 Å². The molecule has 0 aliphatic rings. The summed E-state index contributed by atoms with van der Waals surface area (Å²) < 4.78 is 0. The first-order chi connectivity index (χ1) is 9.33. The predicted octanol–water partition coefficient (Wildman–Crippen LogP) is 3.51. The molecule has 0 saturated heterocycles. The highest BCUT2D eigenvalue weighted by Gasteiger charge is 2.04. The van der Waals surface area contributed by atoms with Crippen LogP contribution in [0.15, 0.2) is 60.9 Å². The Kier molecular flexibility index (Phi) is 3.02. The van der Waals surface area contributed by atoms with Crippen molar-refractivity contribution in [2.24, 2.45) is 0 Å². The maximum absolute atomic E-state index is 4.36. The summed E-state index contributed by atoms with van der Waals surface area (Å²) in [5.74, 6) is 1.44. The first-order valence-electron chi connectivity index (χ1n) is 6.14. The van der Waals surface area contributed by atoms with Crippen LogP contribution in [0.4, 0.5) is 0 Å².